The highest BCUT2D eigenvalue weighted by Crippen LogP contribution is 2.25. The summed E-state index contributed by atoms with van der Waals surface area (Å²) in [5.41, 5.74) is -0.0996. The van der Waals surface area contributed by atoms with Gasteiger partial charge < -0.3 is 19.8 Å². The Balaban J connectivity index is 1.84. The number of nitrogens with zero attached hydrogens (tertiary/aromatic N) is 2. The minimum absolute atomic E-state index is 0.0996. The molecular weight excluding hydrogens is 208 g/mol. The molecule has 90 valence electrons. The molecule has 1 unspecified atom stereocenters. The molecular formula is C10H18N4O2. The summed E-state index contributed by atoms with van der Waals surface area (Å²) in [4.78, 5) is 0. The summed E-state index contributed by atoms with van der Waals surface area (Å²) in [5, 5.41) is 13.9. The number of aromatic nitrogens is 2. The van der Waals surface area contributed by atoms with Gasteiger partial charge in [-0.15, -0.1) is 5.10 Å². The van der Waals surface area contributed by atoms with Crippen LogP contribution < -0.4 is 10.6 Å². The summed E-state index contributed by atoms with van der Waals surface area (Å²) in [6.45, 7) is 4.22. The molecule has 1 aromatic heterocycles. The van der Waals surface area contributed by atoms with Gasteiger partial charge in [0, 0.05) is 13.2 Å². The molecule has 2 rings (SSSR count). The van der Waals surface area contributed by atoms with Crippen molar-refractivity contribution in [1.82, 2.24) is 15.5 Å². The van der Waals surface area contributed by atoms with Crippen LogP contribution in [0, 0.1) is 0 Å². The summed E-state index contributed by atoms with van der Waals surface area (Å²) in [6.07, 6.45) is 2.19. The molecule has 0 saturated carbocycles. The van der Waals surface area contributed by atoms with E-state index in [9.17, 15) is 0 Å². The monoisotopic (exact) mass is 226 g/mol. The second kappa shape index (κ2) is 4.80. The van der Waals surface area contributed by atoms with Gasteiger partial charge in [0.05, 0.1) is 12.1 Å². The van der Waals surface area contributed by atoms with Crippen LogP contribution in [0.4, 0.5) is 6.01 Å². The molecule has 1 atom stereocenters. The van der Waals surface area contributed by atoms with E-state index in [1.54, 1.807) is 0 Å². The van der Waals surface area contributed by atoms with Crippen molar-refractivity contribution < 1.29 is 9.15 Å². The lowest BCUT2D eigenvalue weighted by molar-refractivity contribution is 0.0311. The van der Waals surface area contributed by atoms with E-state index in [1.807, 2.05) is 7.05 Å². The van der Waals surface area contributed by atoms with Gasteiger partial charge in [0.1, 0.15) is 0 Å². The van der Waals surface area contributed by atoms with E-state index >= 15 is 0 Å². The number of nitrogens with one attached hydrogen (secondary N) is 2. The number of hydrogen-bond donors (Lipinski definition) is 2. The third-order valence-electron chi connectivity index (χ3n) is 2.71. The van der Waals surface area contributed by atoms with Gasteiger partial charge in [-0.25, -0.2) is 0 Å². The van der Waals surface area contributed by atoms with Gasteiger partial charge in [-0.3, -0.25) is 0 Å². The zero-order chi connectivity index (χ0) is 11.4. The lowest BCUT2D eigenvalue weighted by Crippen LogP contribution is -2.32. The summed E-state index contributed by atoms with van der Waals surface area (Å²) < 4.78 is 11.0. The van der Waals surface area contributed by atoms with Gasteiger partial charge in [0.2, 0.25) is 5.89 Å². The molecule has 6 heteroatoms. The van der Waals surface area contributed by atoms with Crippen LogP contribution in [0.15, 0.2) is 4.42 Å². The van der Waals surface area contributed by atoms with Crippen molar-refractivity contribution in [2.45, 2.75) is 31.9 Å². The van der Waals surface area contributed by atoms with Gasteiger partial charge >= 0.3 is 6.01 Å². The van der Waals surface area contributed by atoms with E-state index < -0.39 is 0 Å². The molecule has 1 aliphatic rings. The number of hydrogen-bond acceptors (Lipinski definition) is 6. The maximum atomic E-state index is 5.65. The Morgan fingerprint density at radius 2 is 2.31 bits per heavy atom. The van der Waals surface area contributed by atoms with Gasteiger partial charge in [-0.1, -0.05) is 5.10 Å². The molecule has 6 nitrogen and oxygen atoms in total. The molecule has 1 aliphatic heterocycles. The molecule has 1 fully saturated rings. The normalized spacial score (nSPS) is 24.9. The Morgan fingerprint density at radius 3 is 3.00 bits per heavy atom. The quantitative estimate of drug-likeness (QED) is 0.772. The van der Waals surface area contributed by atoms with Gasteiger partial charge in [-0.2, -0.15) is 0 Å². The number of rotatable bonds is 5. The Labute approximate surface area is 94.8 Å². The van der Waals surface area contributed by atoms with Gasteiger partial charge in [-0.05, 0) is 26.8 Å². The molecule has 0 spiro atoms. The first-order valence-electron chi connectivity index (χ1n) is 5.57. The molecule has 0 amide bonds. The molecule has 0 radical (unpaired) electrons. The topological polar surface area (TPSA) is 72.2 Å². The van der Waals surface area contributed by atoms with E-state index in [2.05, 4.69) is 27.8 Å². The summed E-state index contributed by atoms with van der Waals surface area (Å²) in [7, 11) is 1.84. The van der Waals surface area contributed by atoms with Gasteiger partial charge in [0.25, 0.3) is 0 Å². The first-order chi connectivity index (χ1) is 7.72. The Bertz CT molecular complexity index is 333. The Hall–Kier alpha value is -1.14. The largest absolute Gasteiger partial charge is 0.407 e. The van der Waals surface area contributed by atoms with Crippen LogP contribution in [0.3, 0.4) is 0 Å². The van der Waals surface area contributed by atoms with Crippen molar-refractivity contribution in [3.05, 3.63) is 5.89 Å². The fraction of sp³-hybridized carbons (Fsp3) is 0.800. The van der Waals surface area contributed by atoms with Crippen molar-refractivity contribution in [2.75, 3.05) is 25.5 Å². The average Bonchev–Trinajstić information content (AvgIpc) is 2.86. The molecule has 1 aromatic rings. The molecule has 0 bridgehead atoms. The highest BCUT2D eigenvalue weighted by atomic mass is 16.5. The van der Waals surface area contributed by atoms with Crippen LogP contribution in [0.2, 0.25) is 0 Å². The van der Waals surface area contributed by atoms with Crippen LogP contribution >= 0.6 is 0 Å². The van der Waals surface area contributed by atoms with E-state index in [1.165, 1.54) is 0 Å². The van der Waals surface area contributed by atoms with Crippen molar-refractivity contribution in [2.24, 2.45) is 0 Å². The molecule has 0 aromatic carbocycles. The van der Waals surface area contributed by atoms with Crippen LogP contribution in [0.5, 0.6) is 0 Å². The smallest absolute Gasteiger partial charge is 0.315 e. The van der Waals surface area contributed by atoms with Crippen LogP contribution in [-0.2, 0) is 11.3 Å². The standard InChI is InChI=1S/C10H18N4O2/c1-10(4-3-5-15-10)7-12-9-14-13-8(16-9)6-11-2/h11H,3-7H2,1-2H3,(H,12,14). The summed E-state index contributed by atoms with van der Waals surface area (Å²) in [5.74, 6) is 0.586. The van der Waals surface area contributed by atoms with Crippen LogP contribution in [0.1, 0.15) is 25.7 Å². The maximum absolute atomic E-state index is 5.65. The van der Waals surface area contributed by atoms with E-state index in [-0.39, 0.29) is 5.60 Å². The average molecular weight is 226 g/mol. The zero-order valence-corrected chi connectivity index (χ0v) is 9.75. The molecule has 2 heterocycles. The Kier molecular flexibility index (Phi) is 3.40. The minimum Gasteiger partial charge on any atom is -0.407 e. The van der Waals surface area contributed by atoms with Crippen molar-refractivity contribution >= 4 is 6.01 Å². The second-order valence-corrected chi connectivity index (χ2v) is 4.29. The van der Waals surface area contributed by atoms with Crippen LogP contribution in [0.25, 0.3) is 0 Å². The second-order valence-electron chi connectivity index (χ2n) is 4.29. The summed E-state index contributed by atoms with van der Waals surface area (Å²) >= 11 is 0. The number of anilines is 1. The first kappa shape index (κ1) is 11.3. The lowest BCUT2D eigenvalue weighted by Gasteiger charge is -2.22. The van der Waals surface area contributed by atoms with E-state index in [0.29, 0.717) is 25.0 Å². The third-order valence-corrected chi connectivity index (χ3v) is 2.71. The lowest BCUT2D eigenvalue weighted by atomic mass is 10.0. The molecule has 1 saturated heterocycles. The SMILES string of the molecule is CNCc1nnc(NCC2(C)CCCO2)o1. The fourth-order valence-corrected chi connectivity index (χ4v) is 1.79. The predicted octanol–water partition coefficient (Wildman–Crippen LogP) is 0.770. The van der Waals surface area contributed by atoms with Crippen LogP contribution in [-0.4, -0.2) is 36.0 Å². The molecule has 2 N–H and O–H groups in total. The van der Waals surface area contributed by atoms with Crippen molar-refractivity contribution in [3.63, 3.8) is 0 Å². The molecule has 16 heavy (non-hydrogen) atoms. The van der Waals surface area contributed by atoms with Gasteiger partial charge in [0.15, 0.2) is 0 Å². The zero-order valence-electron chi connectivity index (χ0n) is 9.75. The minimum atomic E-state index is -0.0996. The van der Waals surface area contributed by atoms with Crippen molar-refractivity contribution in [1.29, 1.82) is 0 Å². The molecule has 0 aliphatic carbocycles. The maximum Gasteiger partial charge on any atom is 0.315 e. The third kappa shape index (κ3) is 2.70. The number of ether oxygens (including phenoxy) is 1. The van der Waals surface area contributed by atoms with E-state index in [0.717, 1.165) is 19.4 Å². The summed E-state index contributed by atoms with van der Waals surface area (Å²) in [6, 6.07) is 0.460. The predicted molar refractivity (Wildman–Crippen MR) is 59.1 cm³/mol. The van der Waals surface area contributed by atoms with Crippen molar-refractivity contribution in [3.8, 4) is 0 Å². The highest BCUT2D eigenvalue weighted by Gasteiger charge is 2.29. The Morgan fingerprint density at radius 1 is 1.44 bits per heavy atom. The highest BCUT2D eigenvalue weighted by molar-refractivity contribution is 5.18. The first-order valence-corrected chi connectivity index (χ1v) is 5.57. The van der Waals surface area contributed by atoms with E-state index in [4.69, 9.17) is 9.15 Å². The fourth-order valence-electron chi connectivity index (χ4n) is 1.79.